The second-order valence-corrected chi connectivity index (χ2v) is 7.21. The molecule has 0 unspecified atom stereocenters. The number of hydrogen-bond acceptors (Lipinski definition) is 2. The Morgan fingerprint density at radius 1 is 0.800 bits per heavy atom. The molecule has 1 fully saturated rings. The molecule has 0 N–H and O–H groups in total. The summed E-state index contributed by atoms with van der Waals surface area (Å²) in [6.45, 7) is 3.33. The molecular weight excluding hydrogens is 308 g/mol. The summed E-state index contributed by atoms with van der Waals surface area (Å²) < 4.78 is 0. The molecule has 4 rings (SSSR count). The average molecular weight is 334 g/mol. The number of nitrogens with zero attached hydrogens (tertiary/aromatic N) is 2. The lowest BCUT2D eigenvalue weighted by atomic mass is 9.95. The summed E-state index contributed by atoms with van der Waals surface area (Å²) in [5, 5.41) is 0. The molecule has 0 spiro atoms. The molecule has 1 saturated heterocycles. The van der Waals surface area contributed by atoms with Crippen molar-refractivity contribution in [3.8, 4) is 0 Å². The molecule has 0 aliphatic carbocycles. The Hall–Kier alpha value is -2.13. The van der Waals surface area contributed by atoms with Gasteiger partial charge in [-0.3, -0.25) is 9.69 Å². The van der Waals surface area contributed by atoms with Crippen molar-refractivity contribution in [3.05, 3.63) is 65.2 Å². The van der Waals surface area contributed by atoms with Crippen molar-refractivity contribution in [3.63, 3.8) is 0 Å². The fourth-order valence-corrected chi connectivity index (χ4v) is 4.08. The maximum Gasteiger partial charge on any atom is 0.241 e. The molecule has 3 heteroatoms. The lowest BCUT2D eigenvalue weighted by Crippen LogP contribution is -2.42. The minimum Gasteiger partial charge on any atom is -0.307 e. The van der Waals surface area contributed by atoms with Gasteiger partial charge in [0.25, 0.3) is 0 Å². The topological polar surface area (TPSA) is 23.6 Å². The molecule has 2 aromatic rings. The van der Waals surface area contributed by atoms with Gasteiger partial charge in [0.05, 0.1) is 13.1 Å². The molecule has 2 aliphatic rings. The van der Waals surface area contributed by atoms with Crippen LogP contribution in [0.25, 0.3) is 0 Å². The summed E-state index contributed by atoms with van der Waals surface area (Å²) in [4.78, 5) is 17.5. The molecule has 0 aromatic heterocycles. The fraction of sp³-hybridized carbons (Fsp3) is 0.409. The van der Waals surface area contributed by atoms with Crippen molar-refractivity contribution in [1.29, 1.82) is 0 Å². The van der Waals surface area contributed by atoms with E-state index >= 15 is 0 Å². The minimum absolute atomic E-state index is 0.228. The quantitative estimate of drug-likeness (QED) is 0.834. The van der Waals surface area contributed by atoms with Crippen molar-refractivity contribution in [2.24, 2.45) is 0 Å². The van der Waals surface area contributed by atoms with Crippen LogP contribution in [0.3, 0.4) is 0 Å². The number of likely N-dealkylation sites (tertiary alicyclic amines) is 1. The van der Waals surface area contributed by atoms with E-state index in [1.165, 1.54) is 36.0 Å². The fourth-order valence-electron chi connectivity index (χ4n) is 4.08. The van der Waals surface area contributed by atoms with Crippen LogP contribution in [0.5, 0.6) is 0 Å². The van der Waals surface area contributed by atoms with Crippen LogP contribution in [0.4, 0.5) is 5.69 Å². The van der Waals surface area contributed by atoms with Crippen molar-refractivity contribution in [2.45, 2.75) is 38.6 Å². The van der Waals surface area contributed by atoms with Crippen molar-refractivity contribution in [2.75, 3.05) is 24.5 Å². The van der Waals surface area contributed by atoms with Gasteiger partial charge in [0.2, 0.25) is 5.91 Å². The van der Waals surface area contributed by atoms with Crippen molar-refractivity contribution >= 4 is 11.6 Å². The second kappa shape index (κ2) is 7.40. The molecular formula is C22H26N2O. The highest BCUT2D eigenvalue weighted by molar-refractivity contribution is 5.95. The van der Waals surface area contributed by atoms with E-state index in [1.807, 2.05) is 11.0 Å². The number of hydrogen-bond donors (Lipinski definition) is 0. The average Bonchev–Trinajstić information content (AvgIpc) is 2.64. The summed E-state index contributed by atoms with van der Waals surface area (Å²) >= 11 is 0. The largest absolute Gasteiger partial charge is 0.307 e. The number of anilines is 1. The maximum absolute atomic E-state index is 13.2. The monoisotopic (exact) mass is 334 g/mol. The van der Waals surface area contributed by atoms with E-state index in [0.717, 1.165) is 31.6 Å². The van der Waals surface area contributed by atoms with Crippen LogP contribution in [0.2, 0.25) is 0 Å². The maximum atomic E-state index is 13.2. The summed E-state index contributed by atoms with van der Waals surface area (Å²) in [5.41, 5.74) is 5.03. The molecule has 2 aliphatic heterocycles. The standard InChI is InChI=1S/C22H26N2O/c25-22(17-23-14-6-1-7-15-23)24-16-20-10-3-2-8-18(20)12-13-19-9-4-5-11-21(19)24/h2-5,8-11H,1,6-7,12-17H2. The number of carbonyl (C=O) groups is 1. The van der Waals surface area contributed by atoms with Gasteiger partial charge in [0, 0.05) is 5.69 Å². The lowest BCUT2D eigenvalue weighted by Gasteiger charge is -2.32. The molecule has 0 radical (unpaired) electrons. The van der Waals surface area contributed by atoms with Gasteiger partial charge >= 0.3 is 0 Å². The van der Waals surface area contributed by atoms with Gasteiger partial charge in [-0.1, -0.05) is 48.9 Å². The van der Waals surface area contributed by atoms with Gasteiger partial charge < -0.3 is 4.90 Å². The van der Waals surface area contributed by atoms with Crippen LogP contribution in [0.15, 0.2) is 48.5 Å². The Morgan fingerprint density at radius 2 is 1.44 bits per heavy atom. The van der Waals surface area contributed by atoms with E-state index in [1.54, 1.807) is 0 Å². The van der Waals surface area contributed by atoms with Gasteiger partial charge in [-0.25, -0.2) is 0 Å². The van der Waals surface area contributed by atoms with Crippen LogP contribution < -0.4 is 4.90 Å². The molecule has 25 heavy (non-hydrogen) atoms. The van der Waals surface area contributed by atoms with Gasteiger partial charge in [-0.2, -0.15) is 0 Å². The highest BCUT2D eigenvalue weighted by atomic mass is 16.2. The van der Waals surface area contributed by atoms with Crippen molar-refractivity contribution in [1.82, 2.24) is 4.90 Å². The van der Waals surface area contributed by atoms with Crippen LogP contribution in [-0.2, 0) is 24.2 Å². The molecule has 1 amide bonds. The van der Waals surface area contributed by atoms with Gasteiger partial charge in [-0.15, -0.1) is 0 Å². The van der Waals surface area contributed by atoms with E-state index in [0.29, 0.717) is 13.1 Å². The summed E-state index contributed by atoms with van der Waals surface area (Å²) in [7, 11) is 0. The Balaban J connectivity index is 1.64. The van der Waals surface area contributed by atoms with Crippen molar-refractivity contribution < 1.29 is 4.79 Å². The van der Waals surface area contributed by atoms with Gasteiger partial charge in [-0.05, 0) is 61.5 Å². The zero-order valence-corrected chi connectivity index (χ0v) is 14.8. The Bertz CT molecular complexity index is 749. The molecule has 3 nitrogen and oxygen atoms in total. The number of para-hydroxylation sites is 1. The molecule has 0 bridgehead atoms. The van der Waals surface area contributed by atoms with Gasteiger partial charge in [0.1, 0.15) is 0 Å². The predicted molar refractivity (Wildman–Crippen MR) is 102 cm³/mol. The molecule has 130 valence electrons. The first kappa shape index (κ1) is 16.3. The lowest BCUT2D eigenvalue weighted by molar-refractivity contribution is -0.120. The Morgan fingerprint density at radius 3 is 2.24 bits per heavy atom. The van der Waals surface area contributed by atoms with E-state index in [4.69, 9.17) is 0 Å². The third-order valence-corrected chi connectivity index (χ3v) is 5.50. The number of benzene rings is 2. The minimum atomic E-state index is 0.228. The number of carbonyl (C=O) groups excluding carboxylic acids is 1. The van der Waals surface area contributed by atoms with Crippen LogP contribution >= 0.6 is 0 Å². The van der Waals surface area contributed by atoms with Crippen LogP contribution in [-0.4, -0.2) is 30.4 Å². The van der Waals surface area contributed by atoms with Crippen LogP contribution in [0, 0.1) is 0 Å². The number of piperidine rings is 1. The number of fused-ring (bicyclic) bond motifs is 2. The Labute approximate surface area is 150 Å². The molecule has 0 atom stereocenters. The normalized spacial score (nSPS) is 18.0. The van der Waals surface area contributed by atoms with Crippen LogP contribution in [0.1, 0.15) is 36.0 Å². The summed E-state index contributed by atoms with van der Waals surface area (Å²) in [5.74, 6) is 0.228. The summed E-state index contributed by atoms with van der Waals surface area (Å²) in [6, 6.07) is 17.0. The number of rotatable bonds is 2. The molecule has 0 saturated carbocycles. The Kier molecular flexibility index (Phi) is 4.84. The molecule has 2 heterocycles. The SMILES string of the molecule is O=C(CN1CCCCC1)N1Cc2ccccc2CCc2ccccc21. The second-order valence-electron chi connectivity index (χ2n) is 7.21. The van der Waals surface area contributed by atoms with E-state index < -0.39 is 0 Å². The predicted octanol–water partition coefficient (Wildman–Crippen LogP) is 3.80. The zero-order chi connectivity index (χ0) is 17.1. The third kappa shape index (κ3) is 3.62. The summed E-state index contributed by atoms with van der Waals surface area (Å²) in [6.07, 6.45) is 5.76. The third-order valence-electron chi connectivity index (χ3n) is 5.50. The number of amides is 1. The molecule has 2 aromatic carbocycles. The first-order valence-electron chi connectivity index (χ1n) is 9.49. The first-order valence-corrected chi connectivity index (χ1v) is 9.49. The smallest absolute Gasteiger partial charge is 0.241 e. The highest BCUT2D eigenvalue weighted by Crippen LogP contribution is 2.28. The number of aryl methyl sites for hydroxylation is 2. The zero-order valence-electron chi connectivity index (χ0n) is 14.8. The van der Waals surface area contributed by atoms with E-state index in [2.05, 4.69) is 47.4 Å². The highest BCUT2D eigenvalue weighted by Gasteiger charge is 2.24. The van der Waals surface area contributed by atoms with E-state index in [9.17, 15) is 4.79 Å². The van der Waals surface area contributed by atoms with E-state index in [-0.39, 0.29) is 5.91 Å². The van der Waals surface area contributed by atoms with Gasteiger partial charge in [0.15, 0.2) is 0 Å². The first-order chi connectivity index (χ1) is 12.3.